The Labute approximate surface area is 190 Å². The summed E-state index contributed by atoms with van der Waals surface area (Å²) in [5.41, 5.74) is 0.837. The zero-order valence-corrected chi connectivity index (χ0v) is 19.6. The van der Waals surface area contributed by atoms with Crippen molar-refractivity contribution >= 4 is 11.8 Å². The number of aromatic nitrogens is 3. The zero-order chi connectivity index (χ0) is 22.7. The van der Waals surface area contributed by atoms with Crippen molar-refractivity contribution in [3.05, 3.63) is 47.5 Å². The van der Waals surface area contributed by atoms with Crippen LogP contribution in [0.1, 0.15) is 56.2 Å². The van der Waals surface area contributed by atoms with Gasteiger partial charge in [-0.25, -0.2) is 9.67 Å². The molecule has 3 heterocycles. The second kappa shape index (κ2) is 9.43. The maximum atomic E-state index is 13.7. The number of aryl methyl sites for hydroxylation is 2. The van der Waals surface area contributed by atoms with Crippen LogP contribution in [0.2, 0.25) is 0 Å². The van der Waals surface area contributed by atoms with E-state index in [0.29, 0.717) is 31.4 Å². The Kier molecular flexibility index (Phi) is 6.63. The second-order valence-corrected chi connectivity index (χ2v) is 9.61. The topological polar surface area (TPSA) is 71.3 Å². The summed E-state index contributed by atoms with van der Waals surface area (Å²) < 4.78 is 1.68. The smallest absolute Gasteiger partial charge is 0.244 e. The molecule has 0 bridgehead atoms. The minimum absolute atomic E-state index is 0.0829. The molecular formula is C25H35N5O2. The van der Waals surface area contributed by atoms with Gasteiger partial charge in [-0.1, -0.05) is 43.7 Å². The highest BCUT2D eigenvalue weighted by molar-refractivity contribution is 5.83. The molecule has 1 aromatic heterocycles. The van der Waals surface area contributed by atoms with Crippen LogP contribution in [0.25, 0.3) is 0 Å². The van der Waals surface area contributed by atoms with Gasteiger partial charge in [0, 0.05) is 31.6 Å². The van der Waals surface area contributed by atoms with Crippen molar-refractivity contribution in [1.29, 1.82) is 0 Å². The van der Waals surface area contributed by atoms with Crippen molar-refractivity contribution in [1.82, 2.24) is 24.6 Å². The fourth-order valence-electron chi connectivity index (χ4n) is 5.40. The van der Waals surface area contributed by atoms with E-state index in [1.165, 1.54) is 5.56 Å². The summed E-state index contributed by atoms with van der Waals surface area (Å²) in [7, 11) is 0. The van der Waals surface area contributed by atoms with Gasteiger partial charge in [0.05, 0.1) is 0 Å². The Bertz CT molecular complexity index is 948. The molecule has 7 nitrogen and oxygen atoms in total. The van der Waals surface area contributed by atoms with Gasteiger partial charge in [0.2, 0.25) is 11.8 Å². The first-order valence-electron chi connectivity index (χ1n) is 11.9. The van der Waals surface area contributed by atoms with Gasteiger partial charge in [0.1, 0.15) is 18.2 Å². The predicted octanol–water partition coefficient (Wildman–Crippen LogP) is 3.35. The highest BCUT2D eigenvalue weighted by Gasteiger charge is 2.45. The summed E-state index contributed by atoms with van der Waals surface area (Å²) >= 11 is 0. The van der Waals surface area contributed by atoms with Crippen LogP contribution in [0, 0.1) is 25.2 Å². The van der Waals surface area contributed by atoms with Gasteiger partial charge >= 0.3 is 0 Å². The van der Waals surface area contributed by atoms with Gasteiger partial charge in [-0.05, 0) is 51.0 Å². The van der Waals surface area contributed by atoms with Gasteiger partial charge in [-0.3, -0.25) is 9.59 Å². The number of likely N-dealkylation sites (tertiary alicyclic amines) is 2. The standard InChI is InChI=1S/C25H35N5O2/c1-19-26-20(2)30(27-19)18-23(31)28-15-11-22(12-16-28)25(3)13-7-8-14-29(24(25)32)17-21-9-5-4-6-10-21/h4-6,9-10,22H,7-8,11-18H2,1-3H3/t25-/m1/s1. The van der Waals surface area contributed by atoms with Crippen LogP contribution in [0.3, 0.4) is 0 Å². The van der Waals surface area contributed by atoms with Crippen LogP contribution in [-0.4, -0.2) is 56.0 Å². The zero-order valence-electron chi connectivity index (χ0n) is 19.6. The van der Waals surface area contributed by atoms with E-state index in [0.717, 1.165) is 44.5 Å². The molecule has 0 N–H and O–H groups in total. The molecule has 2 saturated heterocycles. The lowest BCUT2D eigenvalue weighted by Crippen LogP contribution is -2.49. The van der Waals surface area contributed by atoms with Crippen molar-refractivity contribution in [3.63, 3.8) is 0 Å². The third-order valence-corrected chi connectivity index (χ3v) is 7.36. The lowest BCUT2D eigenvalue weighted by atomic mass is 9.69. The summed E-state index contributed by atoms with van der Waals surface area (Å²) in [4.78, 5) is 34.8. The van der Waals surface area contributed by atoms with Crippen molar-refractivity contribution in [2.75, 3.05) is 19.6 Å². The molecule has 32 heavy (non-hydrogen) atoms. The number of piperidine rings is 1. The van der Waals surface area contributed by atoms with Crippen LogP contribution in [-0.2, 0) is 22.7 Å². The fourth-order valence-corrected chi connectivity index (χ4v) is 5.40. The van der Waals surface area contributed by atoms with Crippen LogP contribution in [0.15, 0.2) is 30.3 Å². The van der Waals surface area contributed by atoms with Crippen LogP contribution < -0.4 is 0 Å². The molecule has 1 atom stereocenters. The maximum absolute atomic E-state index is 13.7. The molecule has 2 aliphatic heterocycles. The number of benzene rings is 1. The predicted molar refractivity (Wildman–Crippen MR) is 123 cm³/mol. The largest absolute Gasteiger partial charge is 0.341 e. The van der Waals surface area contributed by atoms with Crippen molar-refractivity contribution in [2.24, 2.45) is 11.3 Å². The van der Waals surface area contributed by atoms with Crippen LogP contribution in [0.5, 0.6) is 0 Å². The SMILES string of the molecule is Cc1nc(C)n(CC(=O)N2CCC([C@@]3(C)CCCCN(Cc4ccccc4)C3=O)CC2)n1. The third kappa shape index (κ3) is 4.71. The normalized spacial score (nSPS) is 22.8. The molecule has 0 spiro atoms. The van der Waals surface area contributed by atoms with Gasteiger partial charge in [-0.2, -0.15) is 5.10 Å². The number of carbonyl (C=O) groups excluding carboxylic acids is 2. The Balaban J connectivity index is 1.39. The van der Waals surface area contributed by atoms with Crippen molar-refractivity contribution in [3.8, 4) is 0 Å². The lowest BCUT2D eigenvalue weighted by Gasteiger charge is -2.43. The molecule has 4 rings (SSSR count). The minimum Gasteiger partial charge on any atom is -0.341 e. The first-order valence-corrected chi connectivity index (χ1v) is 11.9. The molecular weight excluding hydrogens is 402 g/mol. The highest BCUT2D eigenvalue weighted by Crippen LogP contribution is 2.43. The molecule has 1 aromatic carbocycles. The summed E-state index contributed by atoms with van der Waals surface area (Å²) in [5, 5.41) is 4.32. The highest BCUT2D eigenvalue weighted by atomic mass is 16.2. The maximum Gasteiger partial charge on any atom is 0.244 e. The quantitative estimate of drug-likeness (QED) is 0.719. The number of nitrogens with zero attached hydrogens (tertiary/aromatic N) is 5. The average molecular weight is 438 g/mol. The first kappa shape index (κ1) is 22.5. The number of hydrogen-bond donors (Lipinski definition) is 0. The Morgan fingerprint density at radius 3 is 2.47 bits per heavy atom. The first-order chi connectivity index (χ1) is 15.4. The van der Waals surface area contributed by atoms with Crippen LogP contribution in [0.4, 0.5) is 0 Å². The Hall–Kier alpha value is -2.70. The molecule has 0 saturated carbocycles. The second-order valence-electron chi connectivity index (χ2n) is 9.61. The van der Waals surface area contributed by atoms with Gasteiger partial charge in [0.25, 0.3) is 0 Å². The van der Waals surface area contributed by atoms with E-state index in [2.05, 4.69) is 34.0 Å². The monoisotopic (exact) mass is 437 g/mol. The van der Waals surface area contributed by atoms with E-state index in [1.807, 2.05) is 36.9 Å². The van der Waals surface area contributed by atoms with Crippen molar-refractivity contribution in [2.45, 2.75) is 66.0 Å². The number of carbonyl (C=O) groups is 2. The summed E-state index contributed by atoms with van der Waals surface area (Å²) in [5.74, 6) is 2.14. The van der Waals surface area contributed by atoms with E-state index in [9.17, 15) is 9.59 Å². The molecule has 2 amide bonds. The molecule has 7 heteroatoms. The summed E-state index contributed by atoms with van der Waals surface area (Å²) in [6.45, 7) is 9.04. The molecule has 2 aliphatic rings. The van der Waals surface area contributed by atoms with Crippen molar-refractivity contribution < 1.29 is 9.59 Å². The third-order valence-electron chi connectivity index (χ3n) is 7.36. The van der Waals surface area contributed by atoms with E-state index in [4.69, 9.17) is 0 Å². The lowest BCUT2D eigenvalue weighted by molar-refractivity contribution is -0.146. The average Bonchev–Trinajstić information content (AvgIpc) is 3.04. The van der Waals surface area contributed by atoms with E-state index in [1.54, 1.807) is 4.68 Å². The summed E-state index contributed by atoms with van der Waals surface area (Å²) in [6, 6.07) is 10.3. The Morgan fingerprint density at radius 2 is 1.81 bits per heavy atom. The van der Waals surface area contributed by atoms with Crippen LogP contribution >= 0.6 is 0 Å². The molecule has 2 aromatic rings. The molecule has 0 aliphatic carbocycles. The van der Waals surface area contributed by atoms with E-state index < -0.39 is 0 Å². The number of amides is 2. The van der Waals surface area contributed by atoms with Gasteiger partial charge in [0.15, 0.2) is 0 Å². The molecule has 0 unspecified atom stereocenters. The molecule has 2 fully saturated rings. The number of hydrogen-bond acceptors (Lipinski definition) is 4. The van der Waals surface area contributed by atoms with E-state index >= 15 is 0 Å². The molecule has 0 radical (unpaired) electrons. The summed E-state index contributed by atoms with van der Waals surface area (Å²) in [6.07, 6.45) is 4.83. The molecule has 172 valence electrons. The van der Waals surface area contributed by atoms with Gasteiger partial charge < -0.3 is 9.80 Å². The Morgan fingerprint density at radius 1 is 1.09 bits per heavy atom. The van der Waals surface area contributed by atoms with E-state index in [-0.39, 0.29) is 23.8 Å². The fraction of sp³-hybridized carbons (Fsp3) is 0.600. The number of rotatable bonds is 5. The van der Waals surface area contributed by atoms with Gasteiger partial charge in [-0.15, -0.1) is 0 Å². The minimum atomic E-state index is -0.347.